The molecule has 0 aromatic carbocycles. The fraction of sp³-hybridized carbons (Fsp3) is 0.643. The molecule has 1 fully saturated rings. The van der Waals surface area contributed by atoms with Gasteiger partial charge in [0.15, 0.2) is 0 Å². The third-order valence-corrected chi connectivity index (χ3v) is 3.27. The number of rotatable bonds is 5. The molecule has 0 spiro atoms. The average Bonchev–Trinajstić information content (AvgIpc) is 2.89. The van der Waals surface area contributed by atoms with Crippen LogP contribution >= 0.6 is 0 Å². The minimum Gasteiger partial charge on any atom is -0.465 e. The van der Waals surface area contributed by atoms with E-state index in [1.807, 2.05) is 0 Å². The van der Waals surface area contributed by atoms with Crippen molar-refractivity contribution in [2.45, 2.75) is 45.7 Å². The van der Waals surface area contributed by atoms with Crippen LogP contribution in [-0.2, 0) is 17.8 Å². The van der Waals surface area contributed by atoms with Crippen LogP contribution < -0.4 is 5.32 Å². The van der Waals surface area contributed by atoms with Gasteiger partial charge < -0.3 is 9.73 Å². The van der Waals surface area contributed by atoms with E-state index in [0.717, 1.165) is 50.4 Å². The Kier molecular flexibility index (Phi) is 4.42. The number of carbonyl (C=O) groups excluding carboxylic acids is 1. The maximum atomic E-state index is 11.0. The summed E-state index contributed by atoms with van der Waals surface area (Å²) in [7, 11) is 0. The normalized spacial score (nSPS) is 20.2. The first-order valence-corrected chi connectivity index (χ1v) is 6.74. The van der Waals surface area contributed by atoms with Gasteiger partial charge in [0.25, 0.3) is 0 Å². The summed E-state index contributed by atoms with van der Waals surface area (Å²) in [6.07, 6.45) is 3.15. The van der Waals surface area contributed by atoms with Gasteiger partial charge in [0, 0.05) is 32.5 Å². The van der Waals surface area contributed by atoms with Gasteiger partial charge in [0.05, 0.1) is 6.54 Å². The van der Waals surface area contributed by atoms with Gasteiger partial charge in [-0.1, -0.05) is 6.92 Å². The summed E-state index contributed by atoms with van der Waals surface area (Å²) >= 11 is 0. The van der Waals surface area contributed by atoms with Crippen molar-refractivity contribution in [3.05, 3.63) is 23.7 Å². The Morgan fingerprint density at radius 1 is 1.50 bits per heavy atom. The van der Waals surface area contributed by atoms with Crippen LogP contribution in [0.5, 0.6) is 0 Å². The largest absolute Gasteiger partial charge is 0.465 e. The second kappa shape index (κ2) is 6.05. The summed E-state index contributed by atoms with van der Waals surface area (Å²) in [4.78, 5) is 13.3. The van der Waals surface area contributed by atoms with E-state index in [2.05, 4.69) is 29.3 Å². The van der Waals surface area contributed by atoms with Gasteiger partial charge in [0.2, 0.25) is 5.91 Å². The first kappa shape index (κ1) is 13.1. The van der Waals surface area contributed by atoms with E-state index in [0.29, 0.717) is 6.04 Å². The molecule has 1 aliphatic rings. The molecule has 1 aromatic rings. The predicted molar refractivity (Wildman–Crippen MR) is 70.2 cm³/mol. The number of aryl methyl sites for hydroxylation is 1. The highest BCUT2D eigenvalue weighted by molar-refractivity contribution is 5.73. The topological polar surface area (TPSA) is 45.5 Å². The summed E-state index contributed by atoms with van der Waals surface area (Å²) in [6.45, 7) is 6.52. The lowest BCUT2D eigenvalue weighted by Gasteiger charge is -2.14. The first-order chi connectivity index (χ1) is 8.67. The Labute approximate surface area is 108 Å². The molecule has 1 aliphatic heterocycles. The van der Waals surface area contributed by atoms with Crippen molar-refractivity contribution in [3.8, 4) is 0 Å². The van der Waals surface area contributed by atoms with E-state index in [1.54, 1.807) is 6.92 Å². The second-order valence-electron chi connectivity index (χ2n) is 5.04. The van der Waals surface area contributed by atoms with Crippen LogP contribution in [0.2, 0.25) is 0 Å². The van der Waals surface area contributed by atoms with Gasteiger partial charge in [-0.3, -0.25) is 9.69 Å². The Morgan fingerprint density at radius 3 is 3.00 bits per heavy atom. The second-order valence-corrected chi connectivity index (χ2v) is 5.04. The van der Waals surface area contributed by atoms with Crippen molar-refractivity contribution in [1.29, 1.82) is 0 Å². The van der Waals surface area contributed by atoms with Crippen molar-refractivity contribution in [3.63, 3.8) is 0 Å². The average molecular weight is 250 g/mol. The molecule has 4 nitrogen and oxygen atoms in total. The standard InChI is InChI=1S/C14H22N2O2/c1-3-4-13-5-6-14(18-13)10-16-8-7-12(9-16)15-11(2)17/h5-6,12H,3-4,7-10H2,1-2H3,(H,15,17)/t12-/m0/s1. The molecule has 0 radical (unpaired) electrons. The molecule has 18 heavy (non-hydrogen) atoms. The van der Waals surface area contributed by atoms with Crippen LogP contribution in [0, 0.1) is 0 Å². The molecule has 1 N–H and O–H groups in total. The first-order valence-electron chi connectivity index (χ1n) is 6.74. The zero-order valence-corrected chi connectivity index (χ0v) is 11.2. The molecule has 2 rings (SSSR count). The smallest absolute Gasteiger partial charge is 0.217 e. The minimum absolute atomic E-state index is 0.0603. The fourth-order valence-corrected chi connectivity index (χ4v) is 2.49. The molecule has 0 unspecified atom stereocenters. The third-order valence-electron chi connectivity index (χ3n) is 3.27. The number of carbonyl (C=O) groups is 1. The van der Waals surface area contributed by atoms with Crippen LogP contribution in [-0.4, -0.2) is 29.9 Å². The van der Waals surface area contributed by atoms with Crippen molar-refractivity contribution in [2.75, 3.05) is 13.1 Å². The molecular formula is C14H22N2O2. The summed E-state index contributed by atoms with van der Waals surface area (Å²) in [5.74, 6) is 2.16. The summed E-state index contributed by atoms with van der Waals surface area (Å²) in [5.41, 5.74) is 0. The molecule has 4 heteroatoms. The SMILES string of the molecule is CCCc1ccc(CN2CC[C@H](NC(C)=O)C2)o1. The zero-order chi connectivity index (χ0) is 13.0. The maximum Gasteiger partial charge on any atom is 0.217 e. The molecule has 1 saturated heterocycles. The highest BCUT2D eigenvalue weighted by Gasteiger charge is 2.23. The number of nitrogens with one attached hydrogen (secondary N) is 1. The van der Waals surface area contributed by atoms with E-state index < -0.39 is 0 Å². The quantitative estimate of drug-likeness (QED) is 0.868. The van der Waals surface area contributed by atoms with Gasteiger partial charge in [-0.2, -0.15) is 0 Å². The zero-order valence-electron chi connectivity index (χ0n) is 11.2. The number of likely N-dealkylation sites (tertiary alicyclic amines) is 1. The summed E-state index contributed by atoms with van der Waals surface area (Å²) < 4.78 is 5.77. The van der Waals surface area contributed by atoms with Crippen LogP contribution in [0.15, 0.2) is 16.5 Å². The van der Waals surface area contributed by atoms with E-state index in [-0.39, 0.29) is 5.91 Å². The lowest BCUT2D eigenvalue weighted by atomic mass is 10.2. The molecule has 100 valence electrons. The number of hydrogen-bond donors (Lipinski definition) is 1. The van der Waals surface area contributed by atoms with Crippen LogP contribution in [0.4, 0.5) is 0 Å². The van der Waals surface area contributed by atoms with Gasteiger partial charge in [-0.05, 0) is 25.0 Å². The van der Waals surface area contributed by atoms with Gasteiger partial charge in [0.1, 0.15) is 11.5 Å². The molecule has 0 aliphatic carbocycles. The van der Waals surface area contributed by atoms with E-state index in [1.165, 1.54) is 0 Å². The highest BCUT2D eigenvalue weighted by Crippen LogP contribution is 2.16. The van der Waals surface area contributed by atoms with Gasteiger partial charge in [-0.25, -0.2) is 0 Å². The molecule has 2 heterocycles. The molecule has 0 saturated carbocycles. The summed E-state index contributed by atoms with van der Waals surface area (Å²) in [5, 5.41) is 2.97. The molecule has 0 bridgehead atoms. The Hall–Kier alpha value is -1.29. The predicted octanol–water partition coefficient (Wildman–Crippen LogP) is 1.94. The van der Waals surface area contributed by atoms with E-state index in [4.69, 9.17) is 4.42 Å². The monoisotopic (exact) mass is 250 g/mol. The van der Waals surface area contributed by atoms with Crippen LogP contribution in [0.3, 0.4) is 0 Å². The number of furan rings is 1. The molecule has 1 amide bonds. The van der Waals surface area contributed by atoms with Crippen molar-refractivity contribution < 1.29 is 9.21 Å². The van der Waals surface area contributed by atoms with Crippen LogP contribution in [0.25, 0.3) is 0 Å². The molecule has 1 aromatic heterocycles. The third kappa shape index (κ3) is 3.60. The molecular weight excluding hydrogens is 228 g/mol. The number of nitrogens with zero attached hydrogens (tertiary/aromatic N) is 1. The Morgan fingerprint density at radius 2 is 2.28 bits per heavy atom. The van der Waals surface area contributed by atoms with Gasteiger partial charge >= 0.3 is 0 Å². The minimum atomic E-state index is 0.0603. The summed E-state index contributed by atoms with van der Waals surface area (Å²) in [6, 6.07) is 4.43. The fourth-order valence-electron chi connectivity index (χ4n) is 2.49. The number of hydrogen-bond acceptors (Lipinski definition) is 3. The highest BCUT2D eigenvalue weighted by atomic mass is 16.3. The van der Waals surface area contributed by atoms with Crippen molar-refractivity contribution in [2.24, 2.45) is 0 Å². The number of amides is 1. The lowest BCUT2D eigenvalue weighted by molar-refractivity contribution is -0.119. The van der Waals surface area contributed by atoms with Crippen LogP contribution in [0.1, 0.15) is 38.2 Å². The Bertz CT molecular complexity index is 400. The van der Waals surface area contributed by atoms with E-state index in [9.17, 15) is 4.79 Å². The van der Waals surface area contributed by atoms with Crippen molar-refractivity contribution in [1.82, 2.24) is 10.2 Å². The van der Waals surface area contributed by atoms with Crippen molar-refractivity contribution >= 4 is 5.91 Å². The van der Waals surface area contributed by atoms with E-state index >= 15 is 0 Å². The van der Waals surface area contributed by atoms with Gasteiger partial charge in [-0.15, -0.1) is 0 Å². The lowest BCUT2D eigenvalue weighted by Crippen LogP contribution is -2.35. The Balaban J connectivity index is 1.81. The maximum absolute atomic E-state index is 11.0. The molecule has 1 atom stereocenters.